The highest BCUT2D eigenvalue weighted by Gasteiger charge is 2.29. The molecule has 0 radical (unpaired) electrons. The van der Waals surface area contributed by atoms with Gasteiger partial charge in [0.05, 0.1) is 5.92 Å². The Bertz CT molecular complexity index is 539. The number of rotatable bonds is 3. The van der Waals surface area contributed by atoms with Crippen LogP contribution in [0.2, 0.25) is 0 Å². The van der Waals surface area contributed by atoms with Crippen LogP contribution in [0.25, 0.3) is 0 Å². The van der Waals surface area contributed by atoms with Crippen molar-refractivity contribution >= 4 is 30.7 Å². The maximum atomic E-state index is 13.3. The number of hydrogen-bond acceptors (Lipinski definition) is 3. The summed E-state index contributed by atoms with van der Waals surface area (Å²) in [5, 5.41) is 3.34. The van der Waals surface area contributed by atoms with Crippen LogP contribution in [-0.2, 0) is 11.3 Å². The van der Waals surface area contributed by atoms with E-state index in [1.807, 2.05) is 11.0 Å². The molecule has 0 aromatic heterocycles. The van der Waals surface area contributed by atoms with Gasteiger partial charge in [0.1, 0.15) is 5.82 Å². The Labute approximate surface area is 162 Å². The Morgan fingerprint density at radius 1 is 1.16 bits per heavy atom. The van der Waals surface area contributed by atoms with Crippen LogP contribution in [0, 0.1) is 11.7 Å². The number of likely N-dealkylation sites (tertiary alicyclic amines) is 1. The second kappa shape index (κ2) is 11.0. The third kappa shape index (κ3) is 6.41. The monoisotopic (exact) mass is 391 g/mol. The average Bonchev–Trinajstić information content (AvgIpc) is 2.84. The first-order chi connectivity index (χ1) is 11.2. The number of halogens is 3. The molecule has 2 heterocycles. The van der Waals surface area contributed by atoms with E-state index in [2.05, 4.69) is 10.2 Å². The van der Waals surface area contributed by atoms with Crippen molar-refractivity contribution in [3.8, 4) is 0 Å². The Morgan fingerprint density at radius 2 is 2.00 bits per heavy atom. The highest BCUT2D eigenvalue weighted by molar-refractivity contribution is 5.85. The number of piperidine rings is 1. The molecule has 0 bridgehead atoms. The first-order valence-electron chi connectivity index (χ1n) is 8.69. The molecular weight excluding hydrogens is 364 g/mol. The normalized spacial score (nSPS) is 21.6. The number of benzene rings is 1. The molecule has 1 N–H and O–H groups in total. The lowest BCUT2D eigenvalue weighted by Gasteiger charge is -2.34. The Kier molecular flexibility index (Phi) is 9.72. The third-order valence-corrected chi connectivity index (χ3v) is 4.80. The van der Waals surface area contributed by atoms with Crippen molar-refractivity contribution in [2.24, 2.45) is 5.92 Å². The van der Waals surface area contributed by atoms with Crippen LogP contribution in [0.15, 0.2) is 24.3 Å². The highest BCUT2D eigenvalue weighted by atomic mass is 35.5. The van der Waals surface area contributed by atoms with Crippen molar-refractivity contribution in [1.82, 2.24) is 15.1 Å². The van der Waals surface area contributed by atoms with Gasteiger partial charge in [0.2, 0.25) is 5.91 Å². The molecule has 0 spiro atoms. The molecule has 1 unspecified atom stereocenters. The van der Waals surface area contributed by atoms with Crippen LogP contribution in [0.3, 0.4) is 0 Å². The minimum Gasteiger partial charge on any atom is -0.341 e. The predicted molar refractivity (Wildman–Crippen MR) is 103 cm³/mol. The van der Waals surface area contributed by atoms with Gasteiger partial charge in [-0.05, 0) is 50.0 Å². The second-order valence-corrected chi connectivity index (χ2v) is 6.63. The molecule has 1 aromatic rings. The van der Waals surface area contributed by atoms with E-state index in [0.29, 0.717) is 5.91 Å². The molecule has 142 valence electrons. The molecule has 7 heteroatoms. The first kappa shape index (κ1) is 22.2. The Morgan fingerprint density at radius 3 is 2.80 bits per heavy atom. The van der Waals surface area contributed by atoms with Gasteiger partial charge in [0.25, 0.3) is 0 Å². The number of hydrogen-bond donors (Lipinski definition) is 1. The number of nitrogens with one attached hydrogen (secondary N) is 1. The van der Waals surface area contributed by atoms with Crippen molar-refractivity contribution in [3.05, 3.63) is 35.6 Å². The molecule has 2 aliphatic rings. The lowest BCUT2D eigenvalue weighted by molar-refractivity contribution is -0.137. The van der Waals surface area contributed by atoms with E-state index in [0.717, 1.165) is 70.6 Å². The topological polar surface area (TPSA) is 35.6 Å². The molecule has 25 heavy (non-hydrogen) atoms. The molecule has 2 saturated heterocycles. The van der Waals surface area contributed by atoms with E-state index in [-0.39, 0.29) is 36.5 Å². The van der Waals surface area contributed by atoms with E-state index < -0.39 is 0 Å². The van der Waals surface area contributed by atoms with Crippen LogP contribution in [0.5, 0.6) is 0 Å². The standard InChI is InChI=1S/C18H26FN3O.2ClH/c19-17-6-1-4-15(12-17)13-21-9-2-5-16(14-21)18(23)22-10-3-7-20-8-11-22;;/h1,4,6,12,16,20H,2-3,5,7-11,13-14H2;2*1H. The summed E-state index contributed by atoms with van der Waals surface area (Å²) < 4.78 is 13.3. The number of carbonyl (C=O) groups excluding carboxylic acids is 1. The lowest BCUT2D eigenvalue weighted by Crippen LogP contribution is -2.45. The van der Waals surface area contributed by atoms with Crippen LogP contribution < -0.4 is 5.32 Å². The summed E-state index contributed by atoms with van der Waals surface area (Å²) in [5.41, 5.74) is 0.983. The van der Waals surface area contributed by atoms with Crippen molar-refractivity contribution in [3.63, 3.8) is 0 Å². The summed E-state index contributed by atoms with van der Waals surface area (Å²) in [6.07, 6.45) is 3.05. The fourth-order valence-corrected chi connectivity index (χ4v) is 3.62. The third-order valence-electron chi connectivity index (χ3n) is 4.80. The van der Waals surface area contributed by atoms with Crippen LogP contribution in [0.1, 0.15) is 24.8 Å². The van der Waals surface area contributed by atoms with Crippen LogP contribution in [-0.4, -0.2) is 55.0 Å². The minimum absolute atomic E-state index is 0. The van der Waals surface area contributed by atoms with Crippen LogP contribution in [0.4, 0.5) is 4.39 Å². The molecule has 0 saturated carbocycles. The predicted octanol–water partition coefficient (Wildman–Crippen LogP) is 2.70. The maximum Gasteiger partial charge on any atom is 0.227 e. The van der Waals surface area contributed by atoms with E-state index in [9.17, 15) is 9.18 Å². The lowest BCUT2D eigenvalue weighted by atomic mass is 9.96. The molecule has 2 fully saturated rings. The Hall–Kier alpha value is -0.880. The summed E-state index contributed by atoms with van der Waals surface area (Å²) in [6, 6.07) is 6.77. The van der Waals surface area contributed by atoms with Crippen molar-refractivity contribution in [1.29, 1.82) is 0 Å². The summed E-state index contributed by atoms with van der Waals surface area (Å²) in [6.45, 7) is 6.08. The van der Waals surface area contributed by atoms with Gasteiger partial charge in [0.15, 0.2) is 0 Å². The van der Waals surface area contributed by atoms with E-state index >= 15 is 0 Å². The average molecular weight is 392 g/mol. The number of amides is 1. The quantitative estimate of drug-likeness (QED) is 0.859. The SMILES string of the molecule is Cl.Cl.O=C(C1CCCN(Cc2cccc(F)c2)C1)N1CCCNCC1. The van der Waals surface area contributed by atoms with Gasteiger partial charge in [-0.25, -0.2) is 4.39 Å². The fourth-order valence-electron chi connectivity index (χ4n) is 3.62. The molecule has 1 atom stereocenters. The zero-order valence-corrected chi connectivity index (χ0v) is 16.1. The van der Waals surface area contributed by atoms with Gasteiger partial charge in [-0.15, -0.1) is 24.8 Å². The zero-order chi connectivity index (χ0) is 16.1. The van der Waals surface area contributed by atoms with Gasteiger partial charge in [-0.1, -0.05) is 12.1 Å². The molecule has 3 rings (SSSR count). The van der Waals surface area contributed by atoms with E-state index in [1.165, 1.54) is 6.07 Å². The van der Waals surface area contributed by atoms with Crippen molar-refractivity contribution in [2.45, 2.75) is 25.8 Å². The smallest absolute Gasteiger partial charge is 0.227 e. The van der Waals surface area contributed by atoms with Gasteiger partial charge < -0.3 is 10.2 Å². The molecular formula is C18H28Cl2FN3O. The molecule has 4 nitrogen and oxygen atoms in total. The first-order valence-corrected chi connectivity index (χ1v) is 8.69. The maximum absolute atomic E-state index is 13.3. The fraction of sp³-hybridized carbons (Fsp3) is 0.611. The summed E-state index contributed by atoms with van der Waals surface area (Å²) in [4.78, 5) is 17.1. The van der Waals surface area contributed by atoms with E-state index in [4.69, 9.17) is 0 Å². The molecule has 0 aliphatic carbocycles. The molecule has 1 aromatic carbocycles. The van der Waals surface area contributed by atoms with Gasteiger partial charge in [0, 0.05) is 32.7 Å². The van der Waals surface area contributed by atoms with Gasteiger partial charge in [-0.2, -0.15) is 0 Å². The second-order valence-electron chi connectivity index (χ2n) is 6.63. The zero-order valence-electron chi connectivity index (χ0n) is 14.5. The summed E-state index contributed by atoms with van der Waals surface area (Å²) in [7, 11) is 0. The van der Waals surface area contributed by atoms with Gasteiger partial charge in [-0.3, -0.25) is 9.69 Å². The number of carbonyl (C=O) groups is 1. The van der Waals surface area contributed by atoms with Gasteiger partial charge >= 0.3 is 0 Å². The van der Waals surface area contributed by atoms with Crippen molar-refractivity contribution in [2.75, 3.05) is 39.3 Å². The largest absolute Gasteiger partial charge is 0.341 e. The molecule has 2 aliphatic heterocycles. The number of nitrogens with zero attached hydrogens (tertiary/aromatic N) is 2. The van der Waals surface area contributed by atoms with Crippen molar-refractivity contribution < 1.29 is 9.18 Å². The highest BCUT2D eigenvalue weighted by Crippen LogP contribution is 2.21. The molecule has 1 amide bonds. The summed E-state index contributed by atoms with van der Waals surface area (Å²) >= 11 is 0. The summed E-state index contributed by atoms with van der Waals surface area (Å²) in [5.74, 6) is 0.206. The Balaban J connectivity index is 0.00000156. The van der Waals surface area contributed by atoms with Crippen LogP contribution >= 0.6 is 24.8 Å². The minimum atomic E-state index is -0.191. The van der Waals surface area contributed by atoms with E-state index in [1.54, 1.807) is 12.1 Å².